The topological polar surface area (TPSA) is 219 Å². The zero-order valence-corrected chi connectivity index (χ0v) is 25.7. The van der Waals surface area contributed by atoms with Crippen molar-refractivity contribution >= 4 is 55.2 Å². The highest BCUT2D eigenvalue weighted by Crippen LogP contribution is 2.31. The molecule has 45 heavy (non-hydrogen) atoms. The van der Waals surface area contributed by atoms with Gasteiger partial charge in [0.25, 0.3) is 11.5 Å². The SMILES string of the molecule is CC(=O)C1=NN(c2cc(C)ccc2S(=O)(=O)[O-])C(=O)\C1=C/C=C/C=C/c1c(C(C)=O)[nH]n(-c2cc(S(=O)(=O)[O-])ccc2C)c1=O. The van der Waals surface area contributed by atoms with Crippen molar-refractivity contribution in [1.29, 1.82) is 0 Å². The largest absolute Gasteiger partial charge is 0.744 e. The third kappa shape index (κ3) is 6.73. The molecule has 2 heterocycles. The number of aromatic amines is 1. The second kappa shape index (κ2) is 12.2. The Kier molecular flexibility index (Phi) is 8.88. The number of anilines is 1. The van der Waals surface area contributed by atoms with Gasteiger partial charge in [0, 0.05) is 13.8 Å². The summed E-state index contributed by atoms with van der Waals surface area (Å²) in [6.07, 6.45) is 6.57. The van der Waals surface area contributed by atoms with E-state index in [1.807, 2.05) is 0 Å². The Hall–Kier alpha value is -5.03. The third-order valence-corrected chi connectivity index (χ3v) is 8.28. The summed E-state index contributed by atoms with van der Waals surface area (Å²) < 4.78 is 70.9. The van der Waals surface area contributed by atoms with Crippen molar-refractivity contribution in [3.63, 3.8) is 0 Å². The fraction of sp³-hybridized carbons (Fsp3) is 0.138. The number of nitrogens with one attached hydrogen (secondary N) is 1. The lowest BCUT2D eigenvalue weighted by Gasteiger charge is -2.18. The number of nitrogens with zero attached hydrogens (tertiary/aromatic N) is 3. The highest BCUT2D eigenvalue weighted by atomic mass is 32.2. The van der Waals surface area contributed by atoms with Gasteiger partial charge < -0.3 is 9.11 Å². The molecule has 4 rings (SSSR count). The zero-order chi connectivity index (χ0) is 33.4. The number of hydrogen-bond acceptors (Lipinski definition) is 11. The van der Waals surface area contributed by atoms with Crippen LogP contribution in [0.1, 0.15) is 41.0 Å². The first-order chi connectivity index (χ1) is 20.9. The smallest absolute Gasteiger partial charge is 0.281 e. The number of aryl methyl sites for hydroxylation is 2. The molecule has 2 aromatic carbocycles. The van der Waals surface area contributed by atoms with Crippen LogP contribution in [0.2, 0.25) is 0 Å². The number of allylic oxidation sites excluding steroid dienone is 4. The normalized spacial score (nSPS) is 15.1. The number of Topliss-reactive ketones (excluding diaryl/α,β-unsaturated/α-hetero) is 2. The van der Waals surface area contributed by atoms with Crippen molar-refractivity contribution in [2.24, 2.45) is 5.10 Å². The zero-order valence-electron chi connectivity index (χ0n) is 24.1. The quantitative estimate of drug-likeness (QED) is 0.154. The Morgan fingerprint density at radius 3 is 2.16 bits per heavy atom. The molecule has 0 radical (unpaired) electrons. The fourth-order valence-electron chi connectivity index (χ4n) is 4.39. The maximum atomic E-state index is 13.2. The lowest BCUT2D eigenvalue weighted by Crippen LogP contribution is -2.23. The van der Waals surface area contributed by atoms with E-state index in [1.54, 1.807) is 13.8 Å². The second-order valence-corrected chi connectivity index (χ2v) is 12.6. The van der Waals surface area contributed by atoms with E-state index in [9.17, 15) is 45.1 Å². The maximum Gasteiger partial charge on any atom is 0.281 e. The Labute approximate surface area is 257 Å². The molecule has 0 aliphatic carbocycles. The molecule has 16 heteroatoms. The highest BCUT2D eigenvalue weighted by Gasteiger charge is 2.35. The van der Waals surface area contributed by atoms with Crippen molar-refractivity contribution in [1.82, 2.24) is 9.78 Å². The summed E-state index contributed by atoms with van der Waals surface area (Å²) >= 11 is 0. The molecule has 0 atom stereocenters. The summed E-state index contributed by atoms with van der Waals surface area (Å²) in [6.45, 7) is 5.54. The van der Waals surface area contributed by atoms with Gasteiger partial charge in [0.15, 0.2) is 11.6 Å². The average Bonchev–Trinajstić information content (AvgIpc) is 3.44. The van der Waals surface area contributed by atoms with Crippen LogP contribution in [0.3, 0.4) is 0 Å². The third-order valence-electron chi connectivity index (χ3n) is 6.56. The predicted molar refractivity (Wildman–Crippen MR) is 160 cm³/mol. The highest BCUT2D eigenvalue weighted by molar-refractivity contribution is 7.86. The molecule has 0 fully saturated rings. The lowest BCUT2D eigenvalue weighted by atomic mass is 10.1. The molecule has 1 N–H and O–H groups in total. The Balaban J connectivity index is 1.69. The Morgan fingerprint density at radius 2 is 1.56 bits per heavy atom. The molecule has 0 bridgehead atoms. The lowest BCUT2D eigenvalue weighted by molar-refractivity contribution is -0.115. The average molecular weight is 653 g/mol. The number of carbonyl (C=O) groups is 3. The van der Waals surface area contributed by atoms with E-state index in [0.717, 1.165) is 29.8 Å². The summed E-state index contributed by atoms with van der Waals surface area (Å²) in [5.74, 6) is -1.99. The van der Waals surface area contributed by atoms with Crippen molar-refractivity contribution in [3.8, 4) is 5.69 Å². The molecule has 1 aliphatic heterocycles. The molecule has 3 aromatic rings. The number of carbonyl (C=O) groups excluding carboxylic acids is 3. The summed E-state index contributed by atoms with van der Waals surface area (Å²) in [6, 6.07) is 7.16. The molecule has 1 aromatic heterocycles. The van der Waals surface area contributed by atoms with Crippen LogP contribution in [0.4, 0.5) is 5.69 Å². The molecule has 0 saturated heterocycles. The van der Waals surface area contributed by atoms with Gasteiger partial charge in [-0.3, -0.25) is 24.3 Å². The first kappa shape index (κ1) is 32.9. The van der Waals surface area contributed by atoms with Crippen molar-refractivity contribution < 1.29 is 40.3 Å². The van der Waals surface area contributed by atoms with Crippen LogP contribution in [0.15, 0.2) is 86.0 Å². The van der Waals surface area contributed by atoms with E-state index in [0.29, 0.717) is 16.1 Å². The van der Waals surface area contributed by atoms with E-state index in [2.05, 4.69) is 10.2 Å². The monoisotopic (exact) mass is 652 g/mol. The van der Waals surface area contributed by atoms with Gasteiger partial charge in [-0.2, -0.15) is 10.1 Å². The molecule has 1 aliphatic rings. The van der Waals surface area contributed by atoms with Crippen LogP contribution in [0.5, 0.6) is 0 Å². The molecular weight excluding hydrogens is 628 g/mol. The van der Waals surface area contributed by atoms with Gasteiger partial charge in [-0.1, -0.05) is 30.4 Å². The van der Waals surface area contributed by atoms with Gasteiger partial charge >= 0.3 is 0 Å². The summed E-state index contributed by atoms with van der Waals surface area (Å²) in [4.78, 5) is 49.7. The van der Waals surface area contributed by atoms with Crippen LogP contribution in [-0.2, 0) is 29.8 Å². The maximum absolute atomic E-state index is 13.2. The van der Waals surface area contributed by atoms with E-state index >= 15 is 0 Å². The van der Waals surface area contributed by atoms with E-state index in [-0.39, 0.29) is 33.9 Å². The summed E-state index contributed by atoms with van der Waals surface area (Å²) in [7, 11) is -9.82. The minimum atomic E-state index is -4.99. The van der Waals surface area contributed by atoms with Crippen molar-refractivity contribution in [2.75, 3.05) is 5.01 Å². The van der Waals surface area contributed by atoms with Crippen LogP contribution < -0.4 is 10.6 Å². The molecule has 234 valence electrons. The Morgan fingerprint density at radius 1 is 0.867 bits per heavy atom. The number of rotatable bonds is 9. The molecular formula is C29H24N4O10S2-2. The number of ketones is 2. The minimum Gasteiger partial charge on any atom is -0.744 e. The van der Waals surface area contributed by atoms with Crippen molar-refractivity contribution in [3.05, 3.63) is 99.0 Å². The molecule has 0 saturated carbocycles. The molecule has 1 amide bonds. The van der Waals surface area contributed by atoms with E-state index in [4.69, 9.17) is 0 Å². The van der Waals surface area contributed by atoms with Gasteiger partial charge in [0.2, 0.25) is 0 Å². The van der Waals surface area contributed by atoms with Gasteiger partial charge in [-0.05, 0) is 61.4 Å². The molecule has 14 nitrogen and oxygen atoms in total. The molecule has 0 unspecified atom stereocenters. The second-order valence-electron chi connectivity index (χ2n) is 9.87. The number of benzene rings is 2. The van der Waals surface area contributed by atoms with Crippen molar-refractivity contribution in [2.45, 2.75) is 37.5 Å². The van der Waals surface area contributed by atoms with E-state index in [1.165, 1.54) is 55.5 Å². The number of H-pyrrole nitrogens is 1. The van der Waals surface area contributed by atoms with Crippen LogP contribution >= 0.6 is 0 Å². The summed E-state index contributed by atoms with van der Waals surface area (Å²) in [5, 5.41) is 7.27. The van der Waals surface area contributed by atoms with Gasteiger partial charge in [0.05, 0.1) is 32.3 Å². The summed E-state index contributed by atoms with van der Waals surface area (Å²) in [5.41, 5.74) is -0.694. The van der Waals surface area contributed by atoms with Gasteiger partial charge in [-0.25, -0.2) is 21.5 Å². The fourth-order valence-corrected chi connectivity index (χ4v) is 5.52. The minimum absolute atomic E-state index is 0.0428. The predicted octanol–water partition coefficient (Wildman–Crippen LogP) is 2.28. The van der Waals surface area contributed by atoms with Gasteiger partial charge in [0.1, 0.15) is 31.6 Å². The van der Waals surface area contributed by atoms with Gasteiger partial charge in [-0.15, -0.1) is 0 Å². The first-order valence-electron chi connectivity index (χ1n) is 12.9. The first-order valence-corrected chi connectivity index (χ1v) is 15.7. The number of hydrazone groups is 1. The number of aromatic nitrogens is 2. The number of amides is 1. The molecule has 0 spiro atoms. The van der Waals surface area contributed by atoms with E-state index < -0.39 is 53.1 Å². The van der Waals surface area contributed by atoms with Crippen LogP contribution in [0, 0.1) is 13.8 Å². The Bertz CT molecular complexity index is 2180. The number of hydrogen-bond donors (Lipinski definition) is 1. The standard InChI is InChI=1S/C29H26N4O10S2/c1-16-10-13-25(45(41,42)43)24(14-16)33-29(37)22(27(31-33)19(4)35)9-7-5-6-8-21-26(18(3)34)30-32(28(21)36)23-15-20(44(38,39)40)12-11-17(23)2/h5-15,30H,1-4H3,(H,38,39,40)(H,41,42,43)/p-2/b7-5+,8-6+,22-9-. The van der Waals surface area contributed by atoms with Crippen LogP contribution in [0.25, 0.3) is 11.8 Å². The van der Waals surface area contributed by atoms with Crippen LogP contribution in [-0.4, -0.2) is 58.9 Å².